The normalized spacial score (nSPS) is 22.2. The second-order valence-electron chi connectivity index (χ2n) is 8.77. The summed E-state index contributed by atoms with van der Waals surface area (Å²) in [6, 6.07) is 33.2. The third-order valence-electron chi connectivity index (χ3n) is 6.83. The molecule has 0 saturated heterocycles. The first-order valence-electron chi connectivity index (χ1n) is 10.9. The van der Waals surface area contributed by atoms with Gasteiger partial charge in [-0.15, -0.1) is 0 Å². The van der Waals surface area contributed by atoms with E-state index in [9.17, 15) is 0 Å². The van der Waals surface area contributed by atoms with Crippen molar-refractivity contribution in [2.75, 3.05) is 22.9 Å². The smallest absolute Gasteiger partial charge is 0.0314 e. The highest BCUT2D eigenvalue weighted by molar-refractivity contribution is 5.54. The number of anilines is 4. The van der Waals surface area contributed by atoms with Crippen LogP contribution in [0.4, 0.5) is 22.7 Å². The van der Waals surface area contributed by atoms with Gasteiger partial charge in [-0.3, -0.25) is 0 Å². The van der Waals surface area contributed by atoms with E-state index in [0.29, 0.717) is 23.7 Å². The third kappa shape index (κ3) is 3.54. The van der Waals surface area contributed by atoms with E-state index in [1.165, 1.54) is 22.3 Å². The SMILES string of the molecule is Nc1ccc(C2C(c3ccc(N)cc3)C(c3ccc(N)cc3)C2c2ccc(N)cc2)cc1. The van der Waals surface area contributed by atoms with Crippen LogP contribution in [0.1, 0.15) is 45.9 Å². The van der Waals surface area contributed by atoms with Gasteiger partial charge in [-0.1, -0.05) is 48.5 Å². The monoisotopic (exact) mass is 420 g/mol. The van der Waals surface area contributed by atoms with Crippen LogP contribution in [0.15, 0.2) is 97.1 Å². The minimum absolute atomic E-state index is 0.297. The fraction of sp³-hybridized carbons (Fsp3) is 0.143. The molecule has 0 radical (unpaired) electrons. The van der Waals surface area contributed by atoms with Gasteiger partial charge in [0.15, 0.2) is 0 Å². The van der Waals surface area contributed by atoms with Gasteiger partial charge in [-0.05, 0) is 94.5 Å². The second-order valence-corrected chi connectivity index (χ2v) is 8.77. The maximum absolute atomic E-state index is 6.00. The largest absolute Gasteiger partial charge is 0.399 e. The quantitative estimate of drug-likeness (QED) is 0.329. The molecule has 4 nitrogen and oxygen atoms in total. The van der Waals surface area contributed by atoms with Crippen molar-refractivity contribution >= 4 is 22.7 Å². The van der Waals surface area contributed by atoms with Gasteiger partial charge >= 0.3 is 0 Å². The van der Waals surface area contributed by atoms with E-state index in [-0.39, 0.29) is 0 Å². The van der Waals surface area contributed by atoms with E-state index in [2.05, 4.69) is 48.5 Å². The molecule has 0 spiro atoms. The molecule has 160 valence electrons. The molecule has 0 heterocycles. The Labute approximate surface area is 188 Å². The van der Waals surface area contributed by atoms with E-state index in [4.69, 9.17) is 22.9 Å². The molecule has 0 unspecified atom stereocenters. The average Bonchev–Trinajstić information content (AvgIpc) is 2.78. The number of hydrogen-bond acceptors (Lipinski definition) is 4. The summed E-state index contributed by atoms with van der Waals surface area (Å²) < 4.78 is 0. The van der Waals surface area contributed by atoms with Crippen molar-refractivity contribution in [3.8, 4) is 0 Å². The second kappa shape index (κ2) is 7.97. The molecule has 0 aromatic heterocycles. The molecule has 1 fully saturated rings. The molecule has 1 aliphatic carbocycles. The minimum Gasteiger partial charge on any atom is -0.399 e. The number of nitrogen functional groups attached to an aromatic ring is 4. The zero-order valence-electron chi connectivity index (χ0n) is 17.9. The lowest BCUT2D eigenvalue weighted by Crippen LogP contribution is -2.40. The minimum atomic E-state index is 0.297. The van der Waals surface area contributed by atoms with Crippen LogP contribution in [0, 0.1) is 0 Å². The van der Waals surface area contributed by atoms with Crippen molar-refractivity contribution in [3.63, 3.8) is 0 Å². The fourth-order valence-corrected chi connectivity index (χ4v) is 5.28. The Balaban J connectivity index is 1.67. The Morgan fingerprint density at radius 2 is 0.438 bits per heavy atom. The van der Waals surface area contributed by atoms with Crippen molar-refractivity contribution in [1.82, 2.24) is 0 Å². The topological polar surface area (TPSA) is 104 Å². The van der Waals surface area contributed by atoms with Crippen LogP contribution >= 0.6 is 0 Å². The summed E-state index contributed by atoms with van der Waals surface area (Å²) in [5.41, 5.74) is 32.3. The predicted molar refractivity (Wildman–Crippen MR) is 134 cm³/mol. The molecule has 4 aromatic rings. The van der Waals surface area contributed by atoms with Gasteiger partial charge < -0.3 is 22.9 Å². The highest BCUT2D eigenvalue weighted by Gasteiger charge is 2.52. The lowest BCUT2D eigenvalue weighted by atomic mass is 9.49. The van der Waals surface area contributed by atoms with Gasteiger partial charge in [-0.2, -0.15) is 0 Å². The first-order valence-corrected chi connectivity index (χ1v) is 10.9. The number of rotatable bonds is 4. The van der Waals surface area contributed by atoms with E-state index in [0.717, 1.165) is 22.7 Å². The molecule has 4 aromatic carbocycles. The maximum atomic E-state index is 6.00. The summed E-state index contributed by atoms with van der Waals surface area (Å²) in [5.74, 6) is 1.19. The van der Waals surface area contributed by atoms with E-state index >= 15 is 0 Å². The van der Waals surface area contributed by atoms with Crippen LogP contribution in [0.25, 0.3) is 0 Å². The first kappa shape index (κ1) is 20.0. The summed E-state index contributed by atoms with van der Waals surface area (Å²) in [6.45, 7) is 0. The van der Waals surface area contributed by atoms with E-state index in [1.54, 1.807) is 0 Å². The van der Waals surface area contributed by atoms with Gasteiger partial charge in [0, 0.05) is 22.7 Å². The summed E-state index contributed by atoms with van der Waals surface area (Å²) in [7, 11) is 0. The molecule has 8 N–H and O–H groups in total. The van der Waals surface area contributed by atoms with Gasteiger partial charge in [0.2, 0.25) is 0 Å². The van der Waals surface area contributed by atoms with Crippen LogP contribution < -0.4 is 22.9 Å². The summed E-state index contributed by atoms with van der Waals surface area (Å²) in [6.07, 6.45) is 0. The molecule has 0 atom stereocenters. The third-order valence-corrected chi connectivity index (χ3v) is 6.83. The van der Waals surface area contributed by atoms with Crippen LogP contribution in [0.5, 0.6) is 0 Å². The van der Waals surface area contributed by atoms with Gasteiger partial charge in [0.1, 0.15) is 0 Å². The zero-order valence-corrected chi connectivity index (χ0v) is 17.9. The Bertz CT molecular complexity index is 991. The van der Waals surface area contributed by atoms with Crippen molar-refractivity contribution in [1.29, 1.82) is 0 Å². The lowest BCUT2D eigenvalue weighted by Gasteiger charge is -2.54. The summed E-state index contributed by atoms with van der Waals surface area (Å²) in [4.78, 5) is 0. The summed E-state index contributed by atoms with van der Waals surface area (Å²) in [5, 5.41) is 0. The Morgan fingerprint density at radius 1 is 0.281 bits per heavy atom. The Morgan fingerprint density at radius 3 is 0.594 bits per heavy atom. The average molecular weight is 421 g/mol. The van der Waals surface area contributed by atoms with Crippen LogP contribution in [-0.4, -0.2) is 0 Å². The molecule has 1 saturated carbocycles. The van der Waals surface area contributed by atoms with E-state index < -0.39 is 0 Å². The van der Waals surface area contributed by atoms with Crippen LogP contribution in [0.3, 0.4) is 0 Å². The molecule has 32 heavy (non-hydrogen) atoms. The highest BCUT2D eigenvalue weighted by atomic mass is 14.6. The number of nitrogens with two attached hydrogens (primary N) is 4. The number of benzene rings is 4. The molecule has 0 amide bonds. The fourth-order valence-electron chi connectivity index (χ4n) is 5.28. The van der Waals surface area contributed by atoms with Crippen LogP contribution in [0.2, 0.25) is 0 Å². The van der Waals surface area contributed by atoms with Crippen molar-refractivity contribution in [2.45, 2.75) is 23.7 Å². The van der Waals surface area contributed by atoms with Crippen LogP contribution in [-0.2, 0) is 0 Å². The first-order chi connectivity index (χ1) is 15.5. The molecule has 0 aliphatic heterocycles. The Kier molecular flexibility index (Phi) is 4.98. The zero-order chi connectivity index (χ0) is 22.2. The van der Waals surface area contributed by atoms with Gasteiger partial charge in [-0.25, -0.2) is 0 Å². The molecule has 5 rings (SSSR count). The van der Waals surface area contributed by atoms with Crippen molar-refractivity contribution in [2.24, 2.45) is 0 Å². The molecule has 1 aliphatic rings. The van der Waals surface area contributed by atoms with Crippen molar-refractivity contribution in [3.05, 3.63) is 119 Å². The van der Waals surface area contributed by atoms with Gasteiger partial charge in [0.25, 0.3) is 0 Å². The summed E-state index contributed by atoms with van der Waals surface area (Å²) >= 11 is 0. The molecular weight excluding hydrogens is 392 g/mol. The Hall–Kier alpha value is -3.92. The standard InChI is InChI=1S/C28H28N4/c29-21-9-1-17(2-10-21)25-26(18-3-11-22(30)12-4-18)28(20-7-15-24(32)16-8-20)27(25)19-5-13-23(31)14-6-19/h1-16,25-28H,29-32H2. The molecular formula is C28H28N4. The lowest BCUT2D eigenvalue weighted by molar-refractivity contribution is 0.229. The molecule has 0 bridgehead atoms. The van der Waals surface area contributed by atoms with Crippen molar-refractivity contribution < 1.29 is 0 Å². The van der Waals surface area contributed by atoms with Gasteiger partial charge in [0.05, 0.1) is 0 Å². The predicted octanol–water partition coefficient (Wildman–Crippen LogP) is 5.46. The highest BCUT2D eigenvalue weighted by Crippen LogP contribution is 2.66. The maximum Gasteiger partial charge on any atom is 0.0314 e. The molecule has 4 heteroatoms. The number of hydrogen-bond donors (Lipinski definition) is 4. The van der Waals surface area contributed by atoms with E-state index in [1.807, 2.05) is 48.5 Å².